The van der Waals surface area contributed by atoms with Crippen LogP contribution in [0.15, 0.2) is 24.3 Å². The van der Waals surface area contributed by atoms with Crippen LogP contribution in [0.25, 0.3) is 0 Å². The highest BCUT2D eigenvalue weighted by Gasteiger charge is 2.12. The van der Waals surface area contributed by atoms with Crippen LogP contribution in [0.3, 0.4) is 0 Å². The van der Waals surface area contributed by atoms with E-state index >= 15 is 0 Å². The standard InChI is InChI=1S/C16H25NO2/c1-2-15-7-3-4-8-16(15)19-12-6-5-9-17-10-13-18-14-11-17/h3-4,7-8H,2,5-6,9-14H2,1H3/p+1. The Morgan fingerprint density at radius 3 is 2.74 bits per heavy atom. The molecule has 1 heterocycles. The molecule has 3 nitrogen and oxygen atoms in total. The monoisotopic (exact) mass is 264 g/mol. The van der Waals surface area contributed by atoms with Gasteiger partial charge in [0.2, 0.25) is 0 Å². The van der Waals surface area contributed by atoms with Gasteiger partial charge >= 0.3 is 0 Å². The molecule has 1 aromatic rings. The van der Waals surface area contributed by atoms with E-state index in [1.54, 1.807) is 4.90 Å². The van der Waals surface area contributed by atoms with Crippen molar-refractivity contribution in [3.8, 4) is 5.75 Å². The molecule has 1 aromatic carbocycles. The molecule has 0 amide bonds. The van der Waals surface area contributed by atoms with Crippen molar-refractivity contribution in [2.75, 3.05) is 39.5 Å². The zero-order valence-corrected chi connectivity index (χ0v) is 12.0. The Morgan fingerprint density at radius 2 is 1.95 bits per heavy atom. The predicted molar refractivity (Wildman–Crippen MR) is 76.9 cm³/mol. The van der Waals surface area contributed by atoms with Crippen LogP contribution in [0.2, 0.25) is 0 Å². The van der Waals surface area contributed by atoms with Crippen LogP contribution in [0, 0.1) is 0 Å². The third-order valence-electron chi connectivity index (χ3n) is 3.74. The van der Waals surface area contributed by atoms with Gasteiger partial charge in [0.05, 0.1) is 26.4 Å². The lowest BCUT2D eigenvalue weighted by molar-refractivity contribution is -0.908. The van der Waals surface area contributed by atoms with E-state index in [0.29, 0.717) is 0 Å². The Labute approximate surface area is 116 Å². The fourth-order valence-corrected chi connectivity index (χ4v) is 2.51. The van der Waals surface area contributed by atoms with Crippen molar-refractivity contribution in [2.45, 2.75) is 26.2 Å². The normalized spacial score (nSPS) is 16.5. The molecule has 0 aliphatic carbocycles. The number of hydrogen-bond donors (Lipinski definition) is 1. The van der Waals surface area contributed by atoms with Crippen LogP contribution in [0.4, 0.5) is 0 Å². The molecule has 1 saturated heterocycles. The van der Waals surface area contributed by atoms with Crippen LogP contribution in [0.5, 0.6) is 5.75 Å². The SMILES string of the molecule is CCc1ccccc1OCCCC[NH+]1CCOCC1. The first kappa shape index (κ1) is 14.4. The molecule has 2 rings (SSSR count). The second kappa shape index (κ2) is 8.18. The Morgan fingerprint density at radius 1 is 1.16 bits per heavy atom. The fraction of sp³-hybridized carbons (Fsp3) is 0.625. The number of hydrogen-bond acceptors (Lipinski definition) is 2. The highest BCUT2D eigenvalue weighted by molar-refractivity contribution is 5.33. The molecule has 0 aromatic heterocycles. The van der Waals surface area contributed by atoms with Crippen molar-refractivity contribution in [1.29, 1.82) is 0 Å². The number of benzene rings is 1. The lowest BCUT2D eigenvalue weighted by atomic mass is 10.1. The van der Waals surface area contributed by atoms with Crippen LogP contribution in [-0.4, -0.2) is 39.5 Å². The molecule has 1 aliphatic heterocycles. The number of quaternary nitrogens is 1. The van der Waals surface area contributed by atoms with Crippen LogP contribution < -0.4 is 9.64 Å². The topological polar surface area (TPSA) is 22.9 Å². The molecule has 0 bridgehead atoms. The number of morpholine rings is 1. The minimum Gasteiger partial charge on any atom is -0.493 e. The van der Waals surface area contributed by atoms with E-state index in [0.717, 1.165) is 38.4 Å². The van der Waals surface area contributed by atoms with Gasteiger partial charge in [-0.3, -0.25) is 0 Å². The third kappa shape index (κ3) is 4.84. The van der Waals surface area contributed by atoms with Gasteiger partial charge in [-0.15, -0.1) is 0 Å². The Bertz CT molecular complexity index is 362. The van der Waals surface area contributed by atoms with Gasteiger partial charge in [0, 0.05) is 0 Å². The molecule has 0 atom stereocenters. The van der Waals surface area contributed by atoms with Crippen molar-refractivity contribution in [1.82, 2.24) is 0 Å². The van der Waals surface area contributed by atoms with Gasteiger partial charge in [0.25, 0.3) is 0 Å². The smallest absolute Gasteiger partial charge is 0.122 e. The highest BCUT2D eigenvalue weighted by Crippen LogP contribution is 2.18. The van der Waals surface area contributed by atoms with Gasteiger partial charge in [0.1, 0.15) is 18.8 Å². The van der Waals surface area contributed by atoms with E-state index in [1.165, 1.54) is 31.6 Å². The summed E-state index contributed by atoms with van der Waals surface area (Å²) in [6, 6.07) is 8.35. The lowest BCUT2D eigenvalue weighted by Gasteiger charge is -2.23. The number of rotatable bonds is 7. The summed E-state index contributed by atoms with van der Waals surface area (Å²) in [7, 11) is 0. The highest BCUT2D eigenvalue weighted by atomic mass is 16.5. The molecule has 3 heteroatoms. The minimum absolute atomic E-state index is 0.834. The van der Waals surface area contributed by atoms with Crippen molar-refractivity contribution in [2.24, 2.45) is 0 Å². The second-order valence-electron chi connectivity index (χ2n) is 5.13. The first-order valence-electron chi connectivity index (χ1n) is 7.52. The zero-order chi connectivity index (χ0) is 13.3. The van der Waals surface area contributed by atoms with Gasteiger partial charge in [-0.1, -0.05) is 25.1 Å². The largest absolute Gasteiger partial charge is 0.493 e. The van der Waals surface area contributed by atoms with Gasteiger partial charge in [-0.05, 0) is 30.9 Å². The Kier molecular flexibility index (Phi) is 6.18. The lowest BCUT2D eigenvalue weighted by Crippen LogP contribution is -3.14. The fourth-order valence-electron chi connectivity index (χ4n) is 2.51. The number of unbranched alkanes of at least 4 members (excludes halogenated alkanes) is 1. The molecular weight excluding hydrogens is 238 g/mol. The summed E-state index contributed by atoms with van der Waals surface area (Å²) in [4.78, 5) is 1.68. The number of ether oxygens (including phenoxy) is 2. The second-order valence-corrected chi connectivity index (χ2v) is 5.13. The van der Waals surface area contributed by atoms with E-state index in [-0.39, 0.29) is 0 Å². The molecule has 106 valence electrons. The molecular formula is C16H26NO2+. The minimum atomic E-state index is 0.834. The van der Waals surface area contributed by atoms with E-state index in [2.05, 4.69) is 25.1 Å². The van der Waals surface area contributed by atoms with E-state index in [9.17, 15) is 0 Å². The van der Waals surface area contributed by atoms with Gasteiger partial charge in [-0.2, -0.15) is 0 Å². The quantitative estimate of drug-likeness (QED) is 0.751. The van der Waals surface area contributed by atoms with Gasteiger partial charge < -0.3 is 14.4 Å². The zero-order valence-electron chi connectivity index (χ0n) is 12.0. The van der Waals surface area contributed by atoms with Crippen molar-refractivity contribution >= 4 is 0 Å². The summed E-state index contributed by atoms with van der Waals surface area (Å²) >= 11 is 0. The third-order valence-corrected chi connectivity index (χ3v) is 3.74. The molecule has 0 radical (unpaired) electrons. The van der Waals surface area contributed by atoms with E-state index in [1.807, 2.05) is 6.07 Å². The Balaban J connectivity index is 1.61. The molecule has 0 saturated carbocycles. The van der Waals surface area contributed by atoms with E-state index < -0.39 is 0 Å². The maximum Gasteiger partial charge on any atom is 0.122 e. The molecule has 0 unspecified atom stereocenters. The molecule has 1 aliphatic rings. The molecule has 1 N–H and O–H groups in total. The Hall–Kier alpha value is -1.06. The summed E-state index contributed by atoms with van der Waals surface area (Å²) in [6.45, 7) is 8.44. The summed E-state index contributed by atoms with van der Waals surface area (Å²) < 4.78 is 11.2. The predicted octanol–water partition coefficient (Wildman–Crippen LogP) is 1.32. The summed E-state index contributed by atoms with van der Waals surface area (Å²) in [5, 5.41) is 0. The molecule has 19 heavy (non-hydrogen) atoms. The van der Waals surface area contributed by atoms with Crippen LogP contribution in [0.1, 0.15) is 25.3 Å². The van der Waals surface area contributed by atoms with Gasteiger partial charge in [0.15, 0.2) is 0 Å². The van der Waals surface area contributed by atoms with Crippen molar-refractivity contribution in [3.05, 3.63) is 29.8 Å². The first-order chi connectivity index (χ1) is 9.40. The van der Waals surface area contributed by atoms with Crippen molar-refractivity contribution in [3.63, 3.8) is 0 Å². The molecule has 0 spiro atoms. The van der Waals surface area contributed by atoms with Crippen LogP contribution >= 0.6 is 0 Å². The van der Waals surface area contributed by atoms with Crippen molar-refractivity contribution < 1.29 is 14.4 Å². The van der Waals surface area contributed by atoms with Crippen LogP contribution in [-0.2, 0) is 11.2 Å². The summed E-state index contributed by atoms with van der Waals surface area (Å²) in [5.74, 6) is 1.06. The molecule has 1 fully saturated rings. The number of aryl methyl sites for hydroxylation is 1. The van der Waals surface area contributed by atoms with E-state index in [4.69, 9.17) is 9.47 Å². The first-order valence-corrected chi connectivity index (χ1v) is 7.52. The number of nitrogens with one attached hydrogen (secondary N) is 1. The maximum absolute atomic E-state index is 5.88. The average molecular weight is 264 g/mol. The maximum atomic E-state index is 5.88. The summed E-state index contributed by atoms with van der Waals surface area (Å²) in [6.07, 6.45) is 3.42. The average Bonchev–Trinajstić information content (AvgIpc) is 2.48. The number of para-hydroxylation sites is 1. The summed E-state index contributed by atoms with van der Waals surface area (Å²) in [5.41, 5.74) is 1.31. The van der Waals surface area contributed by atoms with Gasteiger partial charge in [-0.25, -0.2) is 0 Å².